The van der Waals surface area contributed by atoms with Gasteiger partial charge in [-0.2, -0.15) is 0 Å². The molecule has 0 unspecified atom stereocenters. The topological polar surface area (TPSA) is 76.0 Å². The molecular weight excluding hydrogens is 400 g/mol. The van der Waals surface area contributed by atoms with Crippen LogP contribution in [0.2, 0.25) is 0 Å². The first-order valence-electron chi connectivity index (χ1n) is 9.46. The first kappa shape index (κ1) is 23.1. The molecule has 0 spiro atoms. The van der Waals surface area contributed by atoms with E-state index in [1.54, 1.807) is 44.4 Å². The van der Waals surface area contributed by atoms with Gasteiger partial charge in [0.2, 0.25) is 5.40 Å². The van der Waals surface area contributed by atoms with Crippen LogP contribution < -0.4 is 0 Å². The van der Waals surface area contributed by atoms with E-state index < -0.39 is 20.6 Å². The summed E-state index contributed by atoms with van der Waals surface area (Å²) < 4.78 is 51.7. The first-order valence-corrected chi connectivity index (χ1v) is 12.7. The fourth-order valence-electron chi connectivity index (χ4n) is 3.00. The van der Waals surface area contributed by atoms with Crippen molar-refractivity contribution in [1.82, 2.24) is 4.57 Å². The molecule has 0 atom stereocenters. The first-order chi connectivity index (χ1) is 13.5. The van der Waals surface area contributed by atoms with Gasteiger partial charge in [0.25, 0.3) is 0 Å². The van der Waals surface area contributed by atoms with Gasteiger partial charge < -0.3 is 22.7 Å². The van der Waals surface area contributed by atoms with Crippen molar-refractivity contribution in [3.05, 3.63) is 54.4 Å². The summed E-state index contributed by atoms with van der Waals surface area (Å²) >= 11 is 0. The molecule has 2 aromatic rings. The molecule has 28 heavy (non-hydrogen) atoms. The van der Waals surface area contributed by atoms with Gasteiger partial charge in [-0.25, -0.2) is 0 Å². The maximum atomic E-state index is 13.8. The second-order valence-electron chi connectivity index (χ2n) is 5.76. The molecule has 0 amide bonds. The van der Waals surface area contributed by atoms with Crippen LogP contribution in [0.4, 0.5) is 0 Å². The van der Waals surface area contributed by atoms with Crippen LogP contribution in [0.25, 0.3) is 5.69 Å². The molecule has 0 aliphatic heterocycles. The van der Waals surface area contributed by atoms with E-state index >= 15 is 0 Å². The summed E-state index contributed by atoms with van der Waals surface area (Å²) in [5, 5.41) is -1.21. The highest BCUT2D eigenvalue weighted by Crippen LogP contribution is 2.78. The molecule has 9 heteroatoms. The van der Waals surface area contributed by atoms with Crippen LogP contribution in [0.3, 0.4) is 0 Å². The SMILES string of the molecule is CCOP(=O)(OCC)C(c1cccn1-c1ccccc1)P(=O)(OCC)OCC. The molecule has 0 saturated carbocycles. The minimum atomic E-state index is -3.88. The van der Waals surface area contributed by atoms with Crippen LogP contribution in [-0.2, 0) is 27.2 Å². The molecule has 2 rings (SSSR count). The van der Waals surface area contributed by atoms with E-state index in [-0.39, 0.29) is 26.4 Å². The smallest absolute Gasteiger partial charge is 0.319 e. The van der Waals surface area contributed by atoms with Crippen molar-refractivity contribution >= 4 is 15.2 Å². The molecule has 0 aliphatic carbocycles. The summed E-state index contributed by atoms with van der Waals surface area (Å²) in [5.74, 6) is 0. The van der Waals surface area contributed by atoms with Crippen LogP contribution in [0.1, 0.15) is 38.8 Å². The van der Waals surface area contributed by atoms with Gasteiger partial charge in [0.15, 0.2) is 0 Å². The zero-order valence-corrected chi connectivity index (χ0v) is 18.6. The highest BCUT2D eigenvalue weighted by Gasteiger charge is 2.53. The van der Waals surface area contributed by atoms with Gasteiger partial charge in [0.1, 0.15) is 0 Å². The molecule has 0 radical (unpaired) electrons. The van der Waals surface area contributed by atoms with Crippen molar-refractivity contribution in [2.45, 2.75) is 33.1 Å². The molecule has 1 aromatic heterocycles. The van der Waals surface area contributed by atoms with Crippen LogP contribution in [-0.4, -0.2) is 31.0 Å². The van der Waals surface area contributed by atoms with Crippen molar-refractivity contribution in [2.24, 2.45) is 0 Å². The fourth-order valence-corrected chi connectivity index (χ4v) is 8.41. The second-order valence-corrected chi connectivity index (χ2v) is 10.4. The van der Waals surface area contributed by atoms with Crippen LogP contribution in [0.15, 0.2) is 48.7 Å². The average Bonchev–Trinajstić information content (AvgIpc) is 3.12. The zero-order chi connectivity index (χ0) is 20.6. The number of para-hydroxylation sites is 1. The summed E-state index contributed by atoms with van der Waals surface area (Å²) in [6, 6.07) is 13.0. The van der Waals surface area contributed by atoms with E-state index in [0.717, 1.165) is 5.69 Å². The average molecular weight is 429 g/mol. The number of rotatable bonds is 12. The Hall–Kier alpha value is -1.20. The quantitative estimate of drug-likeness (QED) is 0.385. The summed E-state index contributed by atoms with van der Waals surface area (Å²) in [5.41, 5.74) is 1.31. The molecule has 7 nitrogen and oxygen atoms in total. The van der Waals surface area contributed by atoms with E-state index in [1.165, 1.54) is 0 Å². The van der Waals surface area contributed by atoms with Gasteiger partial charge in [-0.15, -0.1) is 0 Å². The number of hydrogen-bond donors (Lipinski definition) is 0. The van der Waals surface area contributed by atoms with Gasteiger partial charge in [-0.1, -0.05) is 18.2 Å². The van der Waals surface area contributed by atoms with Crippen molar-refractivity contribution in [1.29, 1.82) is 0 Å². The van der Waals surface area contributed by atoms with Gasteiger partial charge in [-0.3, -0.25) is 9.13 Å². The van der Waals surface area contributed by atoms with Crippen molar-refractivity contribution in [3.63, 3.8) is 0 Å². The Bertz CT molecular complexity index is 773. The standard InChI is InChI=1S/C19H29NO6P2/c1-5-23-27(21,24-6-2)19(28(22,25-7-3)26-8-4)18-15-12-16-20(18)17-13-10-9-11-14-17/h9-16,19H,5-8H2,1-4H3. The van der Waals surface area contributed by atoms with E-state index in [2.05, 4.69) is 0 Å². The summed E-state index contributed by atoms with van der Waals surface area (Å²) in [6.07, 6.45) is 1.81. The van der Waals surface area contributed by atoms with E-state index in [4.69, 9.17) is 18.1 Å². The fraction of sp³-hybridized carbons (Fsp3) is 0.474. The number of hydrogen-bond acceptors (Lipinski definition) is 6. The predicted octanol–water partition coefficient (Wildman–Crippen LogP) is 6.01. The van der Waals surface area contributed by atoms with E-state index in [0.29, 0.717) is 5.69 Å². The maximum absolute atomic E-state index is 13.8. The van der Waals surface area contributed by atoms with Crippen LogP contribution >= 0.6 is 15.2 Å². The highest BCUT2D eigenvalue weighted by molar-refractivity contribution is 7.72. The molecule has 0 fully saturated rings. The Labute approximate surface area is 167 Å². The van der Waals surface area contributed by atoms with Crippen LogP contribution in [0.5, 0.6) is 0 Å². The Balaban J connectivity index is 2.71. The van der Waals surface area contributed by atoms with Gasteiger partial charge >= 0.3 is 15.2 Å². The third-order valence-electron chi connectivity index (χ3n) is 3.91. The Morgan fingerprint density at radius 1 is 0.750 bits per heavy atom. The van der Waals surface area contributed by atoms with E-state index in [1.807, 2.05) is 36.5 Å². The molecular formula is C19H29NO6P2. The summed E-state index contributed by atoms with van der Waals surface area (Å²) in [4.78, 5) is 0. The Morgan fingerprint density at radius 3 is 1.64 bits per heavy atom. The Kier molecular flexibility index (Phi) is 8.69. The third kappa shape index (κ3) is 5.04. The summed E-state index contributed by atoms with van der Waals surface area (Å²) in [6.45, 7) is 7.40. The molecule has 0 bridgehead atoms. The lowest BCUT2D eigenvalue weighted by Gasteiger charge is -2.32. The van der Waals surface area contributed by atoms with Crippen molar-refractivity contribution in [3.8, 4) is 5.69 Å². The maximum Gasteiger partial charge on any atom is 0.351 e. The largest absolute Gasteiger partial charge is 0.351 e. The monoisotopic (exact) mass is 429 g/mol. The molecule has 1 aromatic carbocycles. The lowest BCUT2D eigenvalue weighted by Crippen LogP contribution is -2.14. The van der Waals surface area contributed by atoms with E-state index in [9.17, 15) is 9.13 Å². The molecule has 0 aliphatic rings. The lowest BCUT2D eigenvalue weighted by molar-refractivity contribution is 0.194. The minimum absolute atomic E-state index is 0.137. The van der Waals surface area contributed by atoms with Crippen molar-refractivity contribution in [2.75, 3.05) is 26.4 Å². The molecule has 1 heterocycles. The normalized spacial score (nSPS) is 12.6. The minimum Gasteiger partial charge on any atom is -0.319 e. The van der Waals surface area contributed by atoms with Crippen LogP contribution in [0, 0.1) is 0 Å². The van der Waals surface area contributed by atoms with Gasteiger partial charge in [0.05, 0.1) is 32.1 Å². The highest BCUT2D eigenvalue weighted by atomic mass is 31.2. The summed E-state index contributed by atoms with van der Waals surface area (Å²) in [7, 11) is -7.76. The third-order valence-corrected chi connectivity index (χ3v) is 9.81. The number of nitrogens with zero attached hydrogens (tertiary/aromatic N) is 1. The zero-order valence-electron chi connectivity index (χ0n) is 16.8. The molecule has 0 saturated heterocycles. The van der Waals surface area contributed by atoms with Gasteiger partial charge in [0, 0.05) is 11.9 Å². The molecule has 156 valence electrons. The van der Waals surface area contributed by atoms with Crippen molar-refractivity contribution < 1.29 is 27.2 Å². The molecule has 0 N–H and O–H groups in total. The van der Waals surface area contributed by atoms with Gasteiger partial charge in [-0.05, 0) is 52.0 Å². The number of benzene rings is 1. The Morgan fingerprint density at radius 2 is 1.21 bits per heavy atom. The predicted molar refractivity (Wildman–Crippen MR) is 110 cm³/mol. The second kappa shape index (κ2) is 10.5. The number of aromatic nitrogens is 1. The lowest BCUT2D eigenvalue weighted by atomic mass is 10.3.